The van der Waals surface area contributed by atoms with Crippen LogP contribution in [0.25, 0.3) is 0 Å². The number of hydrogen-bond donors (Lipinski definition) is 1. The lowest BCUT2D eigenvalue weighted by Crippen LogP contribution is -2.22. The monoisotopic (exact) mass is 142 g/mol. The molecule has 10 heavy (non-hydrogen) atoms. The number of hydrogen-bond acceptors (Lipinski definition) is 3. The Morgan fingerprint density at radius 2 is 2.30 bits per heavy atom. The number of carbonyl (C=O) groups is 1. The highest BCUT2D eigenvalue weighted by Crippen LogP contribution is 2.18. The normalized spacial score (nSPS) is 26.6. The molecule has 0 spiro atoms. The molecular formula is C7H10O3. The van der Waals surface area contributed by atoms with Crippen LogP contribution in [0.2, 0.25) is 0 Å². The van der Waals surface area contributed by atoms with Crippen molar-refractivity contribution in [1.82, 2.24) is 0 Å². The molecule has 1 rings (SSSR count). The van der Waals surface area contributed by atoms with Crippen LogP contribution in [0.15, 0.2) is 11.3 Å². The van der Waals surface area contributed by atoms with Crippen molar-refractivity contribution in [3.63, 3.8) is 0 Å². The molecule has 0 aliphatic carbocycles. The second-order valence-electron chi connectivity index (χ2n) is 2.49. The fourth-order valence-corrected chi connectivity index (χ4v) is 0.856. The van der Waals surface area contributed by atoms with Gasteiger partial charge in [-0.3, -0.25) is 0 Å². The summed E-state index contributed by atoms with van der Waals surface area (Å²) >= 11 is 0. The predicted octanol–water partition coefficient (Wildman–Crippen LogP) is 1.15. The summed E-state index contributed by atoms with van der Waals surface area (Å²) in [4.78, 5) is 10.8. The molecule has 0 aromatic carbocycles. The zero-order valence-electron chi connectivity index (χ0n) is 6.05. The first kappa shape index (κ1) is 7.12. The van der Waals surface area contributed by atoms with Gasteiger partial charge in [0.1, 0.15) is 11.9 Å². The maximum atomic E-state index is 10.8. The van der Waals surface area contributed by atoms with Crippen molar-refractivity contribution >= 4 is 5.97 Å². The van der Waals surface area contributed by atoms with Crippen LogP contribution in [-0.2, 0) is 9.53 Å². The second kappa shape index (κ2) is 2.33. The summed E-state index contributed by atoms with van der Waals surface area (Å²) in [6, 6.07) is 0. The molecule has 1 heterocycles. The maximum absolute atomic E-state index is 10.8. The lowest BCUT2D eigenvalue weighted by Gasteiger charge is -2.19. The first-order chi connectivity index (χ1) is 4.61. The van der Waals surface area contributed by atoms with Crippen molar-refractivity contribution in [2.45, 2.75) is 26.4 Å². The molecule has 1 aliphatic heterocycles. The lowest BCUT2D eigenvalue weighted by atomic mass is 10.1. The summed E-state index contributed by atoms with van der Waals surface area (Å²) in [5.41, 5.74) is 0.332. The van der Waals surface area contributed by atoms with Crippen LogP contribution in [0.3, 0.4) is 0 Å². The molecule has 1 aliphatic rings. The van der Waals surface area contributed by atoms with Crippen molar-refractivity contribution in [3.05, 3.63) is 11.3 Å². The van der Waals surface area contributed by atoms with Gasteiger partial charge >= 0.3 is 5.97 Å². The van der Waals surface area contributed by atoms with Gasteiger partial charge in [0.2, 0.25) is 0 Å². The molecule has 56 valence electrons. The summed E-state index contributed by atoms with van der Waals surface area (Å²) in [6.45, 7) is 3.31. The average Bonchev–Trinajstić information content (AvgIpc) is 1.82. The number of esters is 1. The van der Waals surface area contributed by atoms with E-state index in [1.165, 1.54) is 0 Å². The van der Waals surface area contributed by atoms with Gasteiger partial charge in [0.15, 0.2) is 0 Å². The number of carbonyl (C=O) groups excluding carboxylic acids is 1. The zero-order valence-corrected chi connectivity index (χ0v) is 6.05. The highest BCUT2D eigenvalue weighted by atomic mass is 16.5. The van der Waals surface area contributed by atoms with Gasteiger partial charge in [-0.05, 0) is 13.8 Å². The van der Waals surface area contributed by atoms with E-state index in [4.69, 9.17) is 9.84 Å². The highest BCUT2D eigenvalue weighted by molar-refractivity contribution is 5.89. The average molecular weight is 142 g/mol. The van der Waals surface area contributed by atoms with Gasteiger partial charge in [-0.1, -0.05) is 0 Å². The van der Waals surface area contributed by atoms with Crippen molar-refractivity contribution in [2.24, 2.45) is 0 Å². The summed E-state index contributed by atoms with van der Waals surface area (Å²) in [5.74, 6) is -0.250. The minimum absolute atomic E-state index is 0.156. The van der Waals surface area contributed by atoms with Gasteiger partial charge in [-0.2, -0.15) is 0 Å². The summed E-state index contributed by atoms with van der Waals surface area (Å²) in [5, 5.41) is 9.10. The van der Waals surface area contributed by atoms with E-state index in [1.807, 2.05) is 0 Å². The van der Waals surface area contributed by atoms with Crippen LogP contribution in [0.4, 0.5) is 0 Å². The smallest absolute Gasteiger partial charge is 0.337 e. The topological polar surface area (TPSA) is 46.5 Å². The van der Waals surface area contributed by atoms with E-state index in [0.29, 0.717) is 12.0 Å². The van der Waals surface area contributed by atoms with E-state index in [-0.39, 0.29) is 11.9 Å². The Bertz CT molecular complexity index is 193. The van der Waals surface area contributed by atoms with Crippen molar-refractivity contribution < 1.29 is 14.6 Å². The number of aliphatic hydroxyl groups is 1. The summed E-state index contributed by atoms with van der Waals surface area (Å²) in [7, 11) is 0. The fourth-order valence-electron chi connectivity index (χ4n) is 0.856. The van der Waals surface area contributed by atoms with Crippen LogP contribution >= 0.6 is 0 Å². The molecule has 0 radical (unpaired) electrons. The Kier molecular flexibility index (Phi) is 1.66. The number of rotatable bonds is 0. The predicted molar refractivity (Wildman–Crippen MR) is 35.5 cm³/mol. The maximum Gasteiger partial charge on any atom is 0.337 e. The van der Waals surface area contributed by atoms with Gasteiger partial charge in [-0.15, -0.1) is 0 Å². The highest BCUT2D eigenvalue weighted by Gasteiger charge is 2.22. The van der Waals surface area contributed by atoms with Gasteiger partial charge in [0, 0.05) is 6.42 Å². The van der Waals surface area contributed by atoms with Crippen LogP contribution in [0, 0.1) is 0 Å². The Morgan fingerprint density at radius 1 is 1.70 bits per heavy atom. The third-order valence-electron chi connectivity index (χ3n) is 1.53. The van der Waals surface area contributed by atoms with Crippen LogP contribution in [0.5, 0.6) is 0 Å². The largest absolute Gasteiger partial charge is 0.512 e. The minimum Gasteiger partial charge on any atom is -0.512 e. The molecular weight excluding hydrogens is 132 g/mol. The van der Waals surface area contributed by atoms with Gasteiger partial charge in [0.25, 0.3) is 0 Å². The van der Waals surface area contributed by atoms with Crippen LogP contribution in [0.1, 0.15) is 20.3 Å². The standard InChI is InChI=1S/C7H10O3/c1-4-3-6(8)5(2)7(9)10-4/h4,8H,3H2,1-2H3/t4-/m1/s1. The number of cyclic esters (lactones) is 1. The van der Waals surface area contributed by atoms with Gasteiger partial charge in [0.05, 0.1) is 5.57 Å². The van der Waals surface area contributed by atoms with Crippen molar-refractivity contribution in [1.29, 1.82) is 0 Å². The molecule has 1 atom stereocenters. The Labute approximate surface area is 59.3 Å². The van der Waals surface area contributed by atoms with E-state index < -0.39 is 5.97 Å². The molecule has 0 unspecified atom stereocenters. The molecule has 1 N–H and O–H groups in total. The fraction of sp³-hybridized carbons (Fsp3) is 0.571. The third kappa shape index (κ3) is 1.12. The van der Waals surface area contributed by atoms with E-state index in [0.717, 1.165) is 0 Å². The molecule has 0 saturated heterocycles. The molecule has 3 nitrogen and oxygen atoms in total. The summed E-state index contributed by atoms with van der Waals surface area (Å²) < 4.78 is 4.81. The van der Waals surface area contributed by atoms with Gasteiger partial charge < -0.3 is 9.84 Å². The molecule has 0 fully saturated rings. The van der Waals surface area contributed by atoms with E-state index in [9.17, 15) is 4.79 Å². The Balaban J connectivity index is 2.85. The van der Waals surface area contributed by atoms with Crippen LogP contribution < -0.4 is 0 Å². The number of ether oxygens (including phenoxy) is 1. The molecule has 0 saturated carbocycles. The SMILES string of the molecule is CC1=C(O)C[C@@H](C)OC1=O. The Hall–Kier alpha value is -0.990. The van der Waals surface area contributed by atoms with Crippen LogP contribution in [-0.4, -0.2) is 17.2 Å². The van der Waals surface area contributed by atoms with Crippen molar-refractivity contribution in [3.8, 4) is 0 Å². The molecule has 0 aromatic rings. The first-order valence-electron chi connectivity index (χ1n) is 3.21. The van der Waals surface area contributed by atoms with E-state index in [1.54, 1.807) is 13.8 Å². The molecule has 3 heteroatoms. The van der Waals surface area contributed by atoms with Gasteiger partial charge in [-0.25, -0.2) is 4.79 Å². The van der Waals surface area contributed by atoms with E-state index in [2.05, 4.69) is 0 Å². The van der Waals surface area contributed by atoms with Crippen molar-refractivity contribution in [2.75, 3.05) is 0 Å². The lowest BCUT2D eigenvalue weighted by molar-refractivity contribution is -0.145. The second-order valence-corrected chi connectivity index (χ2v) is 2.49. The van der Waals surface area contributed by atoms with E-state index >= 15 is 0 Å². The molecule has 0 aromatic heterocycles. The zero-order chi connectivity index (χ0) is 7.72. The molecule has 0 amide bonds. The Morgan fingerprint density at radius 3 is 2.80 bits per heavy atom. The molecule has 0 bridgehead atoms. The first-order valence-corrected chi connectivity index (χ1v) is 3.21. The quantitative estimate of drug-likeness (QED) is 0.516. The third-order valence-corrected chi connectivity index (χ3v) is 1.53. The number of aliphatic hydroxyl groups excluding tert-OH is 1. The summed E-state index contributed by atoms with van der Waals surface area (Å²) in [6.07, 6.45) is 0.258. The minimum atomic E-state index is -0.406.